The van der Waals surface area contributed by atoms with Gasteiger partial charge in [0, 0.05) is 17.0 Å². The Morgan fingerprint density at radius 1 is 1.29 bits per heavy atom. The maximum Gasteiger partial charge on any atom is 0.119 e. The monoisotopic (exact) mass is 229 g/mol. The summed E-state index contributed by atoms with van der Waals surface area (Å²) in [6.07, 6.45) is 0. The summed E-state index contributed by atoms with van der Waals surface area (Å²) in [4.78, 5) is 4.70. The molecule has 1 saturated heterocycles. The third-order valence-electron chi connectivity index (χ3n) is 3.30. The average Bonchev–Trinajstić information content (AvgIpc) is 2.26. The fourth-order valence-electron chi connectivity index (χ4n) is 2.14. The van der Waals surface area contributed by atoms with Crippen LogP contribution in [0.2, 0.25) is 0 Å². The van der Waals surface area contributed by atoms with E-state index in [0.29, 0.717) is 5.92 Å². The number of aryl methyl sites for hydroxylation is 1. The molecule has 2 heterocycles. The van der Waals surface area contributed by atoms with Gasteiger partial charge in [-0.3, -0.25) is 4.98 Å². The smallest absolute Gasteiger partial charge is 0.119 e. The minimum Gasteiger partial charge on any atom is -0.497 e. The molecule has 1 fully saturated rings. The van der Waals surface area contributed by atoms with Gasteiger partial charge in [-0.25, -0.2) is 0 Å². The standard InChI is InChI=1S/C14H15NO2/c1-9-5-14(10-7-17-8-10)15-13-4-3-11(16-2)6-12(9)13/h3-6,10H,7-8H2,1-2H3. The van der Waals surface area contributed by atoms with Crippen molar-refractivity contribution in [3.8, 4) is 5.75 Å². The van der Waals surface area contributed by atoms with Crippen molar-refractivity contribution in [3.63, 3.8) is 0 Å². The van der Waals surface area contributed by atoms with Crippen molar-refractivity contribution in [1.82, 2.24) is 4.98 Å². The van der Waals surface area contributed by atoms with Crippen LogP contribution in [-0.2, 0) is 4.74 Å². The summed E-state index contributed by atoms with van der Waals surface area (Å²) in [5.74, 6) is 1.35. The number of fused-ring (bicyclic) bond motifs is 1. The highest BCUT2D eigenvalue weighted by atomic mass is 16.5. The summed E-state index contributed by atoms with van der Waals surface area (Å²) in [5, 5.41) is 1.16. The number of ether oxygens (including phenoxy) is 2. The normalized spacial score (nSPS) is 15.9. The number of methoxy groups -OCH3 is 1. The van der Waals surface area contributed by atoms with Crippen LogP contribution >= 0.6 is 0 Å². The molecule has 1 aromatic heterocycles. The first-order valence-corrected chi connectivity index (χ1v) is 5.81. The van der Waals surface area contributed by atoms with Gasteiger partial charge < -0.3 is 9.47 Å². The van der Waals surface area contributed by atoms with Crippen LogP contribution in [0.25, 0.3) is 10.9 Å². The minimum absolute atomic E-state index is 0.472. The van der Waals surface area contributed by atoms with E-state index in [9.17, 15) is 0 Å². The van der Waals surface area contributed by atoms with Crippen LogP contribution in [0.1, 0.15) is 17.2 Å². The maximum atomic E-state index is 5.24. The minimum atomic E-state index is 0.472. The van der Waals surface area contributed by atoms with Crippen LogP contribution in [0.4, 0.5) is 0 Å². The van der Waals surface area contributed by atoms with Crippen LogP contribution in [0.5, 0.6) is 5.75 Å². The van der Waals surface area contributed by atoms with E-state index in [1.54, 1.807) is 7.11 Å². The van der Waals surface area contributed by atoms with E-state index < -0.39 is 0 Å². The van der Waals surface area contributed by atoms with Gasteiger partial charge in [-0.1, -0.05) is 0 Å². The van der Waals surface area contributed by atoms with E-state index in [4.69, 9.17) is 14.5 Å². The molecular formula is C14H15NO2. The van der Waals surface area contributed by atoms with E-state index in [1.807, 2.05) is 18.2 Å². The van der Waals surface area contributed by atoms with Crippen molar-refractivity contribution in [3.05, 3.63) is 35.5 Å². The fraction of sp³-hybridized carbons (Fsp3) is 0.357. The Balaban J connectivity index is 2.13. The van der Waals surface area contributed by atoms with Crippen LogP contribution in [0.15, 0.2) is 24.3 Å². The van der Waals surface area contributed by atoms with Gasteiger partial charge in [0.1, 0.15) is 5.75 Å². The molecule has 2 aromatic rings. The molecule has 0 radical (unpaired) electrons. The average molecular weight is 229 g/mol. The summed E-state index contributed by atoms with van der Waals surface area (Å²) in [7, 11) is 1.68. The number of hydrogen-bond acceptors (Lipinski definition) is 3. The highest BCUT2D eigenvalue weighted by Gasteiger charge is 2.22. The third kappa shape index (κ3) is 1.76. The van der Waals surface area contributed by atoms with Crippen molar-refractivity contribution in [1.29, 1.82) is 0 Å². The van der Waals surface area contributed by atoms with Gasteiger partial charge in [0.2, 0.25) is 0 Å². The van der Waals surface area contributed by atoms with Crippen LogP contribution in [0, 0.1) is 6.92 Å². The summed E-state index contributed by atoms with van der Waals surface area (Å²) >= 11 is 0. The lowest BCUT2D eigenvalue weighted by Crippen LogP contribution is -2.26. The molecular weight excluding hydrogens is 214 g/mol. The van der Waals surface area contributed by atoms with Gasteiger partial charge in [0.25, 0.3) is 0 Å². The molecule has 0 atom stereocenters. The molecule has 0 unspecified atom stereocenters. The number of rotatable bonds is 2. The summed E-state index contributed by atoms with van der Waals surface area (Å²) in [5.41, 5.74) is 3.43. The topological polar surface area (TPSA) is 31.4 Å². The van der Waals surface area contributed by atoms with E-state index in [1.165, 1.54) is 5.56 Å². The van der Waals surface area contributed by atoms with Crippen molar-refractivity contribution >= 4 is 10.9 Å². The largest absolute Gasteiger partial charge is 0.497 e. The van der Waals surface area contributed by atoms with E-state index in [2.05, 4.69) is 13.0 Å². The Bertz CT molecular complexity index is 561. The second-order valence-corrected chi connectivity index (χ2v) is 4.48. The molecule has 88 valence electrons. The molecule has 3 nitrogen and oxygen atoms in total. The van der Waals surface area contributed by atoms with Crippen molar-refractivity contribution in [2.45, 2.75) is 12.8 Å². The van der Waals surface area contributed by atoms with Crippen LogP contribution in [0.3, 0.4) is 0 Å². The molecule has 0 amide bonds. The Kier molecular flexibility index (Phi) is 2.48. The summed E-state index contributed by atoms with van der Waals surface area (Å²) in [6, 6.07) is 8.17. The summed E-state index contributed by atoms with van der Waals surface area (Å²) in [6.45, 7) is 3.72. The number of aromatic nitrogens is 1. The van der Waals surface area contributed by atoms with Gasteiger partial charge in [-0.15, -0.1) is 0 Å². The molecule has 3 heteroatoms. The van der Waals surface area contributed by atoms with Crippen LogP contribution < -0.4 is 4.74 Å². The molecule has 1 aliphatic heterocycles. The number of hydrogen-bond donors (Lipinski definition) is 0. The highest BCUT2D eigenvalue weighted by Crippen LogP contribution is 2.28. The lowest BCUT2D eigenvalue weighted by molar-refractivity contribution is 0.00682. The summed E-state index contributed by atoms with van der Waals surface area (Å²) < 4.78 is 10.5. The second-order valence-electron chi connectivity index (χ2n) is 4.48. The molecule has 0 aliphatic carbocycles. The molecule has 0 bridgehead atoms. The molecule has 0 saturated carbocycles. The van der Waals surface area contributed by atoms with E-state index in [0.717, 1.165) is 35.6 Å². The molecule has 1 aromatic carbocycles. The fourth-order valence-corrected chi connectivity index (χ4v) is 2.14. The zero-order chi connectivity index (χ0) is 11.8. The molecule has 1 aliphatic rings. The van der Waals surface area contributed by atoms with Crippen molar-refractivity contribution in [2.75, 3.05) is 20.3 Å². The van der Waals surface area contributed by atoms with Crippen molar-refractivity contribution < 1.29 is 9.47 Å². The maximum absolute atomic E-state index is 5.24. The Morgan fingerprint density at radius 3 is 2.76 bits per heavy atom. The van der Waals surface area contributed by atoms with Gasteiger partial charge in [-0.05, 0) is 36.8 Å². The first-order valence-electron chi connectivity index (χ1n) is 5.81. The predicted molar refractivity (Wildman–Crippen MR) is 66.6 cm³/mol. The van der Waals surface area contributed by atoms with Gasteiger partial charge >= 0.3 is 0 Å². The first kappa shape index (κ1) is 10.5. The van der Waals surface area contributed by atoms with E-state index >= 15 is 0 Å². The van der Waals surface area contributed by atoms with E-state index in [-0.39, 0.29) is 0 Å². The second kappa shape index (κ2) is 4.00. The van der Waals surface area contributed by atoms with Gasteiger partial charge in [-0.2, -0.15) is 0 Å². The first-order chi connectivity index (χ1) is 8.28. The number of pyridine rings is 1. The highest BCUT2D eigenvalue weighted by molar-refractivity contribution is 5.83. The quantitative estimate of drug-likeness (QED) is 0.793. The molecule has 3 rings (SSSR count). The SMILES string of the molecule is COc1ccc2nc(C3COC3)cc(C)c2c1. The molecule has 0 spiro atoms. The third-order valence-corrected chi connectivity index (χ3v) is 3.30. The lowest BCUT2D eigenvalue weighted by atomic mass is 9.99. The van der Waals surface area contributed by atoms with Crippen LogP contribution in [-0.4, -0.2) is 25.3 Å². The predicted octanol–water partition coefficient (Wildman–Crippen LogP) is 2.67. The zero-order valence-electron chi connectivity index (χ0n) is 10.1. The van der Waals surface area contributed by atoms with Gasteiger partial charge in [0.05, 0.1) is 25.8 Å². The number of benzene rings is 1. The Hall–Kier alpha value is -1.61. The Morgan fingerprint density at radius 2 is 2.12 bits per heavy atom. The molecule has 0 N–H and O–H groups in total. The van der Waals surface area contributed by atoms with Gasteiger partial charge in [0.15, 0.2) is 0 Å². The lowest BCUT2D eigenvalue weighted by Gasteiger charge is -2.26. The zero-order valence-corrected chi connectivity index (χ0v) is 10.1. The molecule has 17 heavy (non-hydrogen) atoms. The Labute approximate surface area is 100 Å². The van der Waals surface area contributed by atoms with Crippen molar-refractivity contribution in [2.24, 2.45) is 0 Å². The number of nitrogens with zero attached hydrogens (tertiary/aromatic N) is 1.